The van der Waals surface area contributed by atoms with E-state index in [-0.39, 0.29) is 0 Å². The Morgan fingerprint density at radius 2 is 1.91 bits per heavy atom. The topological polar surface area (TPSA) is 15.3 Å². The summed E-state index contributed by atoms with van der Waals surface area (Å²) in [4.78, 5) is 2.01. The highest BCUT2D eigenvalue weighted by Crippen LogP contribution is 2.28. The third-order valence-corrected chi connectivity index (χ3v) is 5.35. The Kier molecular flexibility index (Phi) is 5.52. The molecule has 1 saturated heterocycles. The maximum absolute atomic E-state index is 14.1. The maximum Gasteiger partial charge on any atom is 0.182 e. The van der Waals surface area contributed by atoms with Gasteiger partial charge in [-0.2, -0.15) is 0 Å². The van der Waals surface area contributed by atoms with Gasteiger partial charge in [0.15, 0.2) is 11.6 Å². The van der Waals surface area contributed by atoms with Crippen LogP contribution in [0.5, 0.6) is 0 Å². The second-order valence-corrected chi connectivity index (χ2v) is 7.43. The highest BCUT2D eigenvalue weighted by Gasteiger charge is 2.27. The summed E-state index contributed by atoms with van der Waals surface area (Å²) in [6, 6.07) is 4.83. The fourth-order valence-corrected chi connectivity index (χ4v) is 4.16. The molecule has 0 aromatic heterocycles. The summed E-state index contributed by atoms with van der Waals surface area (Å²) >= 11 is 0. The first-order chi connectivity index (χ1) is 11.1. The Morgan fingerprint density at radius 3 is 2.70 bits per heavy atom. The lowest BCUT2D eigenvalue weighted by Crippen LogP contribution is -2.50. The molecule has 4 heteroatoms. The number of hydrogen-bond donors (Lipinski definition) is 1. The molecule has 0 spiro atoms. The van der Waals surface area contributed by atoms with Gasteiger partial charge in [-0.15, -0.1) is 0 Å². The van der Waals surface area contributed by atoms with Gasteiger partial charge in [0.05, 0.1) is 5.69 Å². The van der Waals surface area contributed by atoms with Crippen molar-refractivity contribution >= 4 is 5.69 Å². The second-order valence-electron chi connectivity index (χ2n) is 7.43. The molecule has 0 amide bonds. The Hall–Kier alpha value is -1.16. The van der Waals surface area contributed by atoms with Gasteiger partial charge in [-0.1, -0.05) is 32.3 Å². The fraction of sp³-hybridized carbons (Fsp3) is 0.684. The van der Waals surface area contributed by atoms with Gasteiger partial charge in [0.2, 0.25) is 0 Å². The molecule has 2 atom stereocenters. The van der Waals surface area contributed by atoms with Gasteiger partial charge in [0.25, 0.3) is 0 Å². The van der Waals surface area contributed by atoms with Crippen molar-refractivity contribution in [1.29, 1.82) is 0 Å². The number of halogens is 2. The van der Waals surface area contributed by atoms with Crippen molar-refractivity contribution in [1.82, 2.24) is 5.32 Å². The predicted molar refractivity (Wildman–Crippen MR) is 90.7 cm³/mol. The molecule has 1 N–H and O–H groups in total. The summed E-state index contributed by atoms with van der Waals surface area (Å²) in [5, 5.41) is 3.70. The van der Waals surface area contributed by atoms with Gasteiger partial charge >= 0.3 is 0 Å². The van der Waals surface area contributed by atoms with Crippen molar-refractivity contribution in [3.05, 3.63) is 29.8 Å². The fourth-order valence-electron chi connectivity index (χ4n) is 4.16. The molecule has 0 bridgehead atoms. The molecule has 1 heterocycles. The van der Waals surface area contributed by atoms with Crippen LogP contribution in [0.1, 0.15) is 45.4 Å². The lowest BCUT2D eigenvalue weighted by molar-refractivity contribution is 0.294. The van der Waals surface area contributed by atoms with E-state index in [0.29, 0.717) is 17.6 Å². The number of benzene rings is 1. The molecule has 1 aromatic rings. The molecule has 1 aliphatic carbocycles. The number of hydrogen-bond acceptors (Lipinski definition) is 2. The van der Waals surface area contributed by atoms with Gasteiger partial charge in [0, 0.05) is 19.1 Å². The molecule has 1 saturated carbocycles. The first-order valence-corrected chi connectivity index (χ1v) is 9.06. The molecule has 23 heavy (non-hydrogen) atoms. The smallest absolute Gasteiger partial charge is 0.182 e. The van der Waals surface area contributed by atoms with E-state index in [4.69, 9.17) is 0 Å². The predicted octanol–water partition coefficient (Wildman–Crippen LogP) is 4.35. The molecule has 128 valence electrons. The highest BCUT2D eigenvalue weighted by molar-refractivity contribution is 5.48. The monoisotopic (exact) mass is 322 g/mol. The van der Waals surface area contributed by atoms with Crippen molar-refractivity contribution < 1.29 is 8.78 Å². The molecular weight excluding hydrogens is 294 g/mol. The quantitative estimate of drug-likeness (QED) is 0.886. The molecule has 3 rings (SSSR count). The normalized spacial score (nSPS) is 26.5. The first-order valence-electron chi connectivity index (χ1n) is 9.06. The number of piperidine rings is 1. The summed E-state index contributed by atoms with van der Waals surface area (Å²) in [5.74, 6) is -0.198. The molecule has 2 nitrogen and oxygen atoms in total. The van der Waals surface area contributed by atoms with Crippen LogP contribution in [0.2, 0.25) is 0 Å². The van der Waals surface area contributed by atoms with Crippen molar-refractivity contribution in [2.75, 3.05) is 24.5 Å². The average Bonchev–Trinajstić information content (AvgIpc) is 2.56. The SMILES string of the molecule is CC1CC(NCC2CCCCC2)CN(c2cccc(F)c2F)C1. The molecule has 2 aliphatic rings. The van der Waals surface area contributed by atoms with Crippen LogP contribution in [0, 0.1) is 23.5 Å². The molecule has 2 unspecified atom stereocenters. The van der Waals surface area contributed by atoms with E-state index in [9.17, 15) is 8.78 Å². The van der Waals surface area contributed by atoms with Crippen LogP contribution in [-0.2, 0) is 0 Å². The van der Waals surface area contributed by atoms with Gasteiger partial charge in [-0.05, 0) is 49.8 Å². The van der Waals surface area contributed by atoms with Crippen LogP contribution < -0.4 is 10.2 Å². The van der Waals surface area contributed by atoms with Crippen molar-refractivity contribution in [3.8, 4) is 0 Å². The third-order valence-electron chi connectivity index (χ3n) is 5.35. The first kappa shape index (κ1) is 16.7. The number of rotatable bonds is 4. The van der Waals surface area contributed by atoms with Crippen LogP contribution in [0.15, 0.2) is 18.2 Å². The molecule has 0 radical (unpaired) electrons. The zero-order valence-electron chi connectivity index (χ0n) is 14.0. The Morgan fingerprint density at radius 1 is 1.13 bits per heavy atom. The Labute approximate surface area is 138 Å². The van der Waals surface area contributed by atoms with Crippen LogP contribution in [0.4, 0.5) is 14.5 Å². The van der Waals surface area contributed by atoms with Gasteiger partial charge in [-0.3, -0.25) is 0 Å². The van der Waals surface area contributed by atoms with Crippen LogP contribution >= 0.6 is 0 Å². The van der Waals surface area contributed by atoms with Gasteiger partial charge < -0.3 is 10.2 Å². The third kappa shape index (κ3) is 4.23. The summed E-state index contributed by atoms with van der Waals surface area (Å²) < 4.78 is 27.6. The minimum atomic E-state index is -0.757. The van der Waals surface area contributed by atoms with E-state index >= 15 is 0 Å². The summed E-state index contributed by atoms with van der Waals surface area (Å²) in [5.41, 5.74) is 0.404. The average molecular weight is 322 g/mol. The Balaban J connectivity index is 1.61. The minimum Gasteiger partial charge on any atom is -0.367 e. The standard InChI is InChI=1S/C19H28F2N2/c1-14-10-16(22-11-15-6-3-2-4-7-15)13-23(12-14)18-9-5-8-17(20)19(18)21/h5,8-9,14-16,22H,2-4,6-7,10-13H2,1H3. The lowest BCUT2D eigenvalue weighted by atomic mass is 9.88. The summed E-state index contributed by atoms with van der Waals surface area (Å²) in [7, 11) is 0. The van der Waals surface area contributed by atoms with Gasteiger partial charge in [0.1, 0.15) is 0 Å². The van der Waals surface area contributed by atoms with E-state index in [1.165, 1.54) is 38.2 Å². The van der Waals surface area contributed by atoms with Crippen molar-refractivity contribution in [2.45, 2.75) is 51.5 Å². The van der Waals surface area contributed by atoms with Crippen molar-refractivity contribution in [3.63, 3.8) is 0 Å². The van der Waals surface area contributed by atoms with E-state index < -0.39 is 11.6 Å². The largest absolute Gasteiger partial charge is 0.367 e. The van der Waals surface area contributed by atoms with Crippen LogP contribution in [0.3, 0.4) is 0 Å². The molecule has 1 aliphatic heterocycles. The van der Waals surface area contributed by atoms with Crippen LogP contribution in [0.25, 0.3) is 0 Å². The number of anilines is 1. The molecule has 1 aromatic carbocycles. The van der Waals surface area contributed by atoms with E-state index in [1.807, 2.05) is 4.90 Å². The minimum absolute atomic E-state index is 0.364. The van der Waals surface area contributed by atoms with E-state index in [0.717, 1.165) is 32.0 Å². The van der Waals surface area contributed by atoms with Crippen LogP contribution in [-0.4, -0.2) is 25.7 Å². The number of nitrogens with zero attached hydrogens (tertiary/aromatic N) is 1. The summed E-state index contributed by atoms with van der Waals surface area (Å²) in [6.45, 7) is 4.81. The number of nitrogens with one attached hydrogen (secondary N) is 1. The molecular formula is C19H28F2N2. The van der Waals surface area contributed by atoms with Gasteiger partial charge in [-0.25, -0.2) is 8.78 Å². The second kappa shape index (κ2) is 7.61. The lowest BCUT2D eigenvalue weighted by Gasteiger charge is -2.39. The highest BCUT2D eigenvalue weighted by atomic mass is 19.2. The summed E-state index contributed by atoms with van der Waals surface area (Å²) in [6.07, 6.45) is 7.86. The van der Waals surface area contributed by atoms with Crippen molar-refractivity contribution in [2.24, 2.45) is 11.8 Å². The zero-order chi connectivity index (χ0) is 16.2. The zero-order valence-corrected chi connectivity index (χ0v) is 14.0. The van der Waals surface area contributed by atoms with E-state index in [2.05, 4.69) is 12.2 Å². The van der Waals surface area contributed by atoms with E-state index in [1.54, 1.807) is 12.1 Å². The molecule has 2 fully saturated rings. The Bertz CT molecular complexity index is 514. The maximum atomic E-state index is 14.1.